The lowest BCUT2D eigenvalue weighted by molar-refractivity contribution is -0.113. The van der Waals surface area contributed by atoms with Crippen molar-refractivity contribution >= 4 is 60.8 Å². The van der Waals surface area contributed by atoms with E-state index in [2.05, 4.69) is 26.6 Å². The number of amidine groups is 1. The number of thioether (sulfide) groups is 1. The van der Waals surface area contributed by atoms with Gasteiger partial charge in [-0.3, -0.25) is 23.9 Å². The second kappa shape index (κ2) is 11.6. The number of aliphatic imine (C=N–C) groups is 1. The number of amides is 1. The fourth-order valence-corrected chi connectivity index (χ4v) is 6.96. The molecule has 4 rings (SSSR count). The molecule has 1 amide bonds. The predicted molar refractivity (Wildman–Crippen MR) is 150 cm³/mol. The maximum atomic E-state index is 13.1. The van der Waals surface area contributed by atoms with E-state index in [4.69, 9.17) is 0 Å². The van der Waals surface area contributed by atoms with Crippen molar-refractivity contribution in [1.82, 2.24) is 14.3 Å². The second-order valence-electron chi connectivity index (χ2n) is 8.67. The van der Waals surface area contributed by atoms with Crippen molar-refractivity contribution in [2.24, 2.45) is 4.99 Å². The molecular weight excluding hydrogens is 531 g/mol. The first kappa shape index (κ1) is 27.1. The number of aryl methyl sites for hydroxylation is 2. The Balaban J connectivity index is 1.47. The minimum Gasteiger partial charge on any atom is -0.325 e. The van der Waals surface area contributed by atoms with Crippen LogP contribution in [-0.4, -0.2) is 42.0 Å². The highest BCUT2D eigenvalue weighted by molar-refractivity contribution is 7.99. The first-order valence-corrected chi connectivity index (χ1v) is 15.2. The monoisotopic (exact) mass is 559 g/mol. The highest BCUT2D eigenvalue weighted by Gasteiger charge is 2.19. The zero-order valence-corrected chi connectivity index (χ0v) is 23.2. The quantitative estimate of drug-likeness (QED) is 0.242. The normalized spacial score (nSPS) is 14.2. The predicted octanol–water partition coefficient (Wildman–Crippen LogP) is 4.24. The van der Waals surface area contributed by atoms with Gasteiger partial charge in [-0.2, -0.15) is 0 Å². The van der Waals surface area contributed by atoms with E-state index < -0.39 is 10.0 Å². The lowest BCUT2D eigenvalue weighted by Gasteiger charge is -2.12. The van der Waals surface area contributed by atoms with E-state index in [-0.39, 0.29) is 28.7 Å². The molecule has 0 aliphatic carbocycles. The first-order chi connectivity index (χ1) is 17.7. The number of nitrogens with one attached hydrogen (secondary N) is 2. The van der Waals surface area contributed by atoms with Gasteiger partial charge in [-0.15, -0.1) is 17.9 Å². The molecule has 9 nitrogen and oxygen atoms in total. The van der Waals surface area contributed by atoms with Crippen LogP contribution < -0.4 is 15.6 Å². The van der Waals surface area contributed by atoms with Gasteiger partial charge in [0, 0.05) is 30.1 Å². The van der Waals surface area contributed by atoms with Crippen molar-refractivity contribution in [2.45, 2.75) is 56.1 Å². The van der Waals surface area contributed by atoms with Crippen molar-refractivity contribution in [2.75, 3.05) is 17.6 Å². The van der Waals surface area contributed by atoms with E-state index in [1.54, 1.807) is 18.2 Å². The number of carbonyl (C=O) groups is 1. The Morgan fingerprint density at radius 3 is 2.86 bits per heavy atom. The summed E-state index contributed by atoms with van der Waals surface area (Å²) in [6.07, 6.45) is 5.07. The number of thiophene rings is 1. The minimum absolute atomic E-state index is 0.00946. The summed E-state index contributed by atoms with van der Waals surface area (Å²) in [5, 5.41) is 3.77. The highest BCUT2D eigenvalue weighted by atomic mass is 32.2. The summed E-state index contributed by atoms with van der Waals surface area (Å²) in [7, 11) is -3.82. The lowest BCUT2D eigenvalue weighted by atomic mass is 10.2. The van der Waals surface area contributed by atoms with Crippen LogP contribution in [0.4, 0.5) is 5.69 Å². The number of benzene rings is 1. The number of hydrogen-bond donors (Lipinski definition) is 2. The van der Waals surface area contributed by atoms with Gasteiger partial charge in [-0.05, 0) is 50.5 Å². The fraction of sp³-hybridized carbons (Fsp3) is 0.360. The number of sulfonamides is 1. The Morgan fingerprint density at radius 1 is 1.27 bits per heavy atom. The van der Waals surface area contributed by atoms with Gasteiger partial charge >= 0.3 is 0 Å². The van der Waals surface area contributed by atoms with Gasteiger partial charge in [0.15, 0.2) is 5.16 Å². The smallest absolute Gasteiger partial charge is 0.263 e. The molecular formula is C25H29N5O4S3. The largest absolute Gasteiger partial charge is 0.325 e. The van der Waals surface area contributed by atoms with Crippen LogP contribution >= 0.6 is 23.1 Å². The summed E-state index contributed by atoms with van der Waals surface area (Å²) in [5.41, 5.74) is 1.12. The third kappa shape index (κ3) is 6.31. The molecule has 3 heterocycles. The van der Waals surface area contributed by atoms with Crippen LogP contribution in [0.15, 0.2) is 56.8 Å². The average molecular weight is 560 g/mol. The Labute approximate surface area is 224 Å². The average Bonchev–Trinajstić information content (AvgIpc) is 3.00. The Kier molecular flexibility index (Phi) is 8.50. The van der Waals surface area contributed by atoms with Crippen molar-refractivity contribution in [1.29, 1.82) is 0 Å². The number of aromatic nitrogens is 2. The first-order valence-electron chi connectivity index (χ1n) is 11.9. The van der Waals surface area contributed by atoms with Crippen LogP contribution in [0.3, 0.4) is 0 Å². The van der Waals surface area contributed by atoms with Crippen molar-refractivity contribution in [3.05, 3.63) is 57.7 Å². The van der Waals surface area contributed by atoms with Gasteiger partial charge in [0.25, 0.3) is 15.6 Å². The highest BCUT2D eigenvalue weighted by Crippen LogP contribution is 2.28. The standard InChI is InChI=1S/C25H29N5O4S3/c1-4-13-30-24(32)22-16(2)17(3)36-23(22)28-25(30)35-15-21(31)27-18-9-8-10-19(14-18)37(33,34)29-20-11-6-5-7-12-26-20/h4,8-10,14H,1,5-7,11-13,15H2,2-3H3,(H,26,29)(H,27,31). The molecule has 0 fully saturated rings. The van der Waals surface area contributed by atoms with Crippen LogP contribution in [-0.2, 0) is 21.4 Å². The maximum Gasteiger partial charge on any atom is 0.263 e. The number of allylic oxidation sites excluding steroid dienone is 1. The fourth-order valence-electron chi connectivity index (χ4n) is 3.95. The van der Waals surface area contributed by atoms with E-state index in [1.807, 2.05) is 13.8 Å². The van der Waals surface area contributed by atoms with Gasteiger partial charge in [0.1, 0.15) is 10.7 Å². The molecule has 0 bridgehead atoms. The zero-order chi connectivity index (χ0) is 26.6. The third-order valence-corrected chi connectivity index (χ3v) is 9.41. The number of hydrogen-bond acceptors (Lipinski definition) is 8. The number of fused-ring (bicyclic) bond motifs is 1. The number of carbonyl (C=O) groups excluding carboxylic acids is 1. The topological polar surface area (TPSA) is 123 Å². The maximum absolute atomic E-state index is 13.1. The SMILES string of the molecule is C=CCn1c(SCC(=O)Nc2cccc(S(=O)(=O)NC3=NCCCCC3)c2)nc2sc(C)c(C)c2c1=O. The number of nitrogens with zero attached hydrogens (tertiary/aromatic N) is 3. The van der Waals surface area contributed by atoms with Crippen molar-refractivity contribution in [3.63, 3.8) is 0 Å². The van der Waals surface area contributed by atoms with Crippen LogP contribution in [0.1, 0.15) is 36.1 Å². The van der Waals surface area contributed by atoms with Gasteiger partial charge in [0.2, 0.25) is 5.91 Å². The molecule has 2 N–H and O–H groups in total. The summed E-state index contributed by atoms with van der Waals surface area (Å²) in [6, 6.07) is 6.09. The summed E-state index contributed by atoms with van der Waals surface area (Å²) in [6.45, 7) is 8.48. The molecule has 0 saturated carbocycles. The molecule has 0 atom stereocenters. The molecule has 37 heavy (non-hydrogen) atoms. The lowest BCUT2D eigenvalue weighted by Crippen LogP contribution is -2.30. The van der Waals surface area contributed by atoms with Crippen molar-refractivity contribution in [3.8, 4) is 0 Å². The molecule has 0 spiro atoms. The van der Waals surface area contributed by atoms with Crippen LogP contribution in [0.2, 0.25) is 0 Å². The Bertz CT molecular complexity index is 1540. The summed E-state index contributed by atoms with van der Waals surface area (Å²) in [5.74, 6) is 0.109. The van der Waals surface area contributed by atoms with Crippen LogP contribution in [0.5, 0.6) is 0 Å². The molecule has 0 saturated heterocycles. The Hall–Kier alpha value is -2.96. The molecule has 12 heteroatoms. The molecule has 1 aliphatic heterocycles. The van der Waals surface area contributed by atoms with E-state index in [0.29, 0.717) is 39.9 Å². The van der Waals surface area contributed by atoms with Crippen LogP contribution in [0, 0.1) is 13.8 Å². The van der Waals surface area contributed by atoms with E-state index >= 15 is 0 Å². The molecule has 2 aromatic heterocycles. The number of rotatable bonds is 8. The zero-order valence-electron chi connectivity index (χ0n) is 20.7. The summed E-state index contributed by atoms with van der Waals surface area (Å²) in [4.78, 5) is 36.5. The number of anilines is 1. The van der Waals surface area contributed by atoms with E-state index in [9.17, 15) is 18.0 Å². The van der Waals surface area contributed by atoms with Gasteiger partial charge < -0.3 is 5.32 Å². The minimum atomic E-state index is -3.82. The van der Waals surface area contributed by atoms with Gasteiger partial charge in [-0.25, -0.2) is 13.4 Å². The van der Waals surface area contributed by atoms with Gasteiger partial charge in [0.05, 0.1) is 16.0 Å². The summed E-state index contributed by atoms with van der Waals surface area (Å²) >= 11 is 2.60. The van der Waals surface area contributed by atoms with Crippen LogP contribution in [0.25, 0.3) is 10.2 Å². The molecule has 0 unspecified atom stereocenters. The van der Waals surface area contributed by atoms with E-state index in [0.717, 1.165) is 41.5 Å². The second-order valence-corrected chi connectivity index (χ2v) is 12.5. The van der Waals surface area contributed by atoms with E-state index in [1.165, 1.54) is 28.0 Å². The summed E-state index contributed by atoms with van der Waals surface area (Å²) < 4.78 is 29.8. The molecule has 0 radical (unpaired) electrons. The van der Waals surface area contributed by atoms with Gasteiger partial charge in [-0.1, -0.05) is 30.3 Å². The molecule has 3 aromatic rings. The van der Waals surface area contributed by atoms with Crippen molar-refractivity contribution < 1.29 is 13.2 Å². The Morgan fingerprint density at radius 2 is 2.08 bits per heavy atom. The molecule has 1 aliphatic rings. The molecule has 196 valence electrons. The third-order valence-electron chi connectivity index (χ3n) is 5.95. The molecule has 1 aromatic carbocycles.